The van der Waals surface area contributed by atoms with Gasteiger partial charge in [-0.25, -0.2) is 4.98 Å². The molecule has 0 aliphatic carbocycles. The summed E-state index contributed by atoms with van der Waals surface area (Å²) in [6.07, 6.45) is -2.93. The fourth-order valence-electron chi connectivity index (χ4n) is 2.21. The SMILES string of the molecule is Nc1nc(Cl)nc2c1ncn2C1O[C@H](CO)[C@@H](O)C1O. The van der Waals surface area contributed by atoms with Gasteiger partial charge in [0, 0.05) is 0 Å². The highest BCUT2D eigenvalue weighted by Gasteiger charge is 2.44. The Balaban J connectivity index is 2.07. The molecule has 2 aromatic heterocycles. The second-order valence-electron chi connectivity index (χ2n) is 4.43. The molecule has 2 unspecified atom stereocenters. The Morgan fingerprint density at radius 1 is 1.35 bits per heavy atom. The third-order valence-corrected chi connectivity index (χ3v) is 3.38. The minimum absolute atomic E-state index is 0.0662. The summed E-state index contributed by atoms with van der Waals surface area (Å²) < 4.78 is 6.79. The van der Waals surface area contributed by atoms with Gasteiger partial charge in [-0.2, -0.15) is 9.97 Å². The standard InChI is InChI=1S/C10H12ClN5O4/c11-10-14-7(12)4-8(15-10)16(2-13-4)9-6(19)5(18)3(1-17)20-9/h2-3,5-6,9,17-19H,1H2,(H2,12,14,15)/t3-,5-,6?,9?/m1/s1. The van der Waals surface area contributed by atoms with E-state index in [1.54, 1.807) is 0 Å². The smallest absolute Gasteiger partial charge is 0.226 e. The zero-order valence-electron chi connectivity index (χ0n) is 10.1. The molecule has 9 nitrogen and oxygen atoms in total. The van der Waals surface area contributed by atoms with Gasteiger partial charge in [0.2, 0.25) is 5.28 Å². The van der Waals surface area contributed by atoms with Crippen LogP contribution in [-0.4, -0.2) is 59.8 Å². The summed E-state index contributed by atoms with van der Waals surface area (Å²) in [5.74, 6) is 0.102. The third kappa shape index (κ3) is 1.91. The van der Waals surface area contributed by atoms with Crippen molar-refractivity contribution in [3.63, 3.8) is 0 Å². The molecule has 3 heterocycles. The highest BCUT2D eigenvalue weighted by molar-refractivity contribution is 6.28. The molecule has 4 atom stereocenters. The Hall–Kier alpha value is -1.52. The summed E-state index contributed by atoms with van der Waals surface area (Å²) in [5, 5.41) is 28.8. The Kier molecular flexibility index (Phi) is 3.22. The molecule has 1 fully saturated rings. The van der Waals surface area contributed by atoms with E-state index in [9.17, 15) is 10.2 Å². The molecule has 1 saturated heterocycles. The summed E-state index contributed by atoms with van der Waals surface area (Å²) in [4.78, 5) is 11.8. The molecule has 0 saturated carbocycles. The van der Waals surface area contributed by atoms with E-state index in [-0.39, 0.29) is 16.7 Å². The van der Waals surface area contributed by atoms with Gasteiger partial charge in [-0.05, 0) is 11.6 Å². The van der Waals surface area contributed by atoms with Crippen LogP contribution in [0.4, 0.5) is 5.82 Å². The highest BCUT2D eigenvalue weighted by atomic mass is 35.5. The van der Waals surface area contributed by atoms with Gasteiger partial charge in [-0.1, -0.05) is 0 Å². The van der Waals surface area contributed by atoms with Crippen LogP contribution in [0, 0.1) is 0 Å². The third-order valence-electron chi connectivity index (χ3n) is 3.21. The Morgan fingerprint density at radius 3 is 2.75 bits per heavy atom. The average molecular weight is 302 g/mol. The van der Waals surface area contributed by atoms with E-state index in [4.69, 9.17) is 27.2 Å². The number of nitrogens with two attached hydrogens (primary N) is 1. The molecule has 0 radical (unpaired) electrons. The van der Waals surface area contributed by atoms with Gasteiger partial charge < -0.3 is 25.8 Å². The molecule has 10 heteroatoms. The Bertz CT molecular complexity index is 650. The number of nitrogen functional groups attached to an aromatic ring is 1. The number of anilines is 1. The van der Waals surface area contributed by atoms with Crippen molar-refractivity contribution < 1.29 is 20.1 Å². The quantitative estimate of drug-likeness (QED) is 0.500. The van der Waals surface area contributed by atoms with Crippen LogP contribution in [0.2, 0.25) is 5.28 Å². The van der Waals surface area contributed by atoms with Crippen LogP contribution in [-0.2, 0) is 4.74 Å². The topological polar surface area (TPSA) is 140 Å². The van der Waals surface area contributed by atoms with Crippen LogP contribution in [0.15, 0.2) is 6.33 Å². The van der Waals surface area contributed by atoms with Gasteiger partial charge in [-0.3, -0.25) is 4.57 Å². The number of hydrogen-bond donors (Lipinski definition) is 4. The molecule has 2 aromatic rings. The highest BCUT2D eigenvalue weighted by Crippen LogP contribution is 2.32. The molecule has 0 aromatic carbocycles. The van der Waals surface area contributed by atoms with Crippen molar-refractivity contribution >= 4 is 28.6 Å². The monoisotopic (exact) mass is 301 g/mol. The number of fused-ring (bicyclic) bond motifs is 1. The Labute approximate surface area is 117 Å². The van der Waals surface area contributed by atoms with E-state index in [2.05, 4.69) is 15.0 Å². The van der Waals surface area contributed by atoms with Crippen molar-refractivity contribution in [2.75, 3.05) is 12.3 Å². The molecule has 5 N–H and O–H groups in total. The minimum Gasteiger partial charge on any atom is -0.394 e. The van der Waals surface area contributed by atoms with Crippen molar-refractivity contribution in [3.8, 4) is 0 Å². The predicted octanol–water partition coefficient (Wildman–Crippen LogP) is -1.33. The van der Waals surface area contributed by atoms with E-state index in [0.29, 0.717) is 5.52 Å². The summed E-state index contributed by atoms with van der Waals surface area (Å²) in [5.41, 5.74) is 6.27. The van der Waals surface area contributed by atoms with E-state index in [1.165, 1.54) is 10.9 Å². The second-order valence-corrected chi connectivity index (χ2v) is 4.77. The van der Waals surface area contributed by atoms with Crippen molar-refractivity contribution in [1.82, 2.24) is 19.5 Å². The average Bonchev–Trinajstić information content (AvgIpc) is 2.93. The Morgan fingerprint density at radius 2 is 2.10 bits per heavy atom. The van der Waals surface area contributed by atoms with E-state index in [0.717, 1.165) is 0 Å². The number of aliphatic hydroxyl groups is 3. The first-order chi connectivity index (χ1) is 9.52. The lowest BCUT2D eigenvalue weighted by Gasteiger charge is -2.16. The normalized spacial score (nSPS) is 30.2. The maximum absolute atomic E-state index is 9.99. The summed E-state index contributed by atoms with van der Waals surface area (Å²) in [6.45, 7) is -0.417. The summed E-state index contributed by atoms with van der Waals surface area (Å²) >= 11 is 5.74. The van der Waals surface area contributed by atoms with Crippen LogP contribution in [0.1, 0.15) is 6.23 Å². The second kappa shape index (κ2) is 4.79. The molecule has 108 valence electrons. The fraction of sp³-hybridized carbons (Fsp3) is 0.500. The van der Waals surface area contributed by atoms with Gasteiger partial charge in [0.15, 0.2) is 17.7 Å². The van der Waals surface area contributed by atoms with E-state index in [1.807, 2.05) is 0 Å². The van der Waals surface area contributed by atoms with Gasteiger partial charge in [-0.15, -0.1) is 0 Å². The predicted molar refractivity (Wildman–Crippen MR) is 67.8 cm³/mol. The number of rotatable bonds is 2. The van der Waals surface area contributed by atoms with Crippen LogP contribution >= 0.6 is 11.6 Å². The molecular formula is C10H12ClN5O4. The molecule has 0 bridgehead atoms. The van der Waals surface area contributed by atoms with Crippen LogP contribution in [0.5, 0.6) is 0 Å². The van der Waals surface area contributed by atoms with Gasteiger partial charge in [0.25, 0.3) is 0 Å². The zero-order valence-corrected chi connectivity index (χ0v) is 10.8. The van der Waals surface area contributed by atoms with Crippen molar-refractivity contribution in [1.29, 1.82) is 0 Å². The summed E-state index contributed by atoms with van der Waals surface area (Å²) in [7, 11) is 0. The number of nitrogens with zero attached hydrogens (tertiary/aromatic N) is 4. The number of hydrogen-bond acceptors (Lipinski definition) is 8. The van der Waals surface area contributed by atoms with Crippen molar-refractivity contribution in [2.24, 2.45) is 0 Å². The molecule has 0 amide bonds. The van der Waals surface area contributed by atoms with Crippen molar-refractivity contribution in [2.45, 2.75) is 24.5 Å². The van der Waals surface area contributed by atoms with Crippen LogP contribution < -0.4 is 5.73 Å². The molecule has 20 heavy (non-hydrogen) atoms. The number of aliphatic hydroxyl groups excluding tert-OH is 3. The number of imidazole rings is 1. The molecule has 1 aliphatic heterocycles. The van der Waals surface area contributed by atoms with Gasteiger partial charge >= 0.3 is 0 Å². The lowest BCUT2D eigenvalue weighted by atomic mass is 10.1. The van der Waals surface area contributed by atoms with E-state index < -0.39 is 31.1 Å². The maximum Gasteiger partial charge on any atom is 0.226 e. The maximum atomic E-state index is 9.99. The minimum atomic E-state index is -1.24. The molecule has 1 aliphatic rings. The van der Waals surface area contributed by atoms with Crippen LogP contribution in [0.3, 0.4) is 0 Å². The molecular weight excluding hydrogens is 290 g/mol. The van der Waals surface area contributed by atoms with Crippen molar-refractivity contribution in [3.05, 3.63) is 11.6 Å². The fourth-order valence-corrected chi connectivity index (χ4v) is 2.38. The first-order valence-corrected chi connectivity index (χ1v) is 6.18. The first-order valence-electron chi connectivity index (χ1n) is 5.81. The van der Waals surface area contributed by atoms with Gasteiger partial charge in [0.1, 0.15) is 23.8 Å². The molecule has 0 spiro atoms. The lowest BCUT2D eigenvalue weighted by Crippen LogP contribution is -2.33. The van der Waals surface area contributed by atoms with Gasteiger partial charge in [0.05, 0.1) is 12.9 Å². The summed E-state index contributed by atoms with van der Waals surface area (Å²) in [6, 6.07) is 0. The van der Waals surface area contributed by atoms with E-state index >= 15 is 0 Å². The lowest BCUT2D eigenvalue weighted by molar-refractivity contribution is -0.0511. The zero-order chi connectivity index (χ0) is 14.4. The number of aromatic nitrogens is 4. The largest absolute Gasteiger partial charge is 0.394 e. The molecule has 3 rings (SSSR count). The van der Waals surface area contributed by atoms with Crippen LogP contribution in [0.25, 0.3) is 11.2 Å². The first kappa shape index (κ1) is 13.5. The number of ether oxygens (including phenoxy) is 1. The number of halogens is 1.